The molecule has 28 heavy (non-hydrogen) atoms. The average molecular weight is 401 g/mol. The number of hydrogen-bond acceptors (Lipinski definition) is 1. The summed E-state index contributed by atoms with van der Waals surface area (Å²) in [6.07, 6.45) is 2.50. The molecule has 2 aromatic carbocycles. The third-order valence-electron chi connectivity index (χ3n) is 4.24. The number of halogens is 1. The van der Waals surface area contributed by atoms with Crippen LogP contribution in [0.2, 0.25) is 5.02 Å². The molecule has 0 aliphatic carbocycles. The number of nitrogens with one attached hydrogen (secondary N) is 1. The monoisotopic (exact) mass is 400 g/mol. The lowest BCUT2D eigenvalue weighted by Gasteiger charge is -2.27. The molecular formula is C25H37ClN2. The first-order valence-corrected chi connectivity index (χ1v) is 10.9. The van der Waals surface area contributed by atoms with E-state index in [4.69, 9.17) is 11.6 Å². The molecule has 0 spiro atoms. The second kappa shape index (κ2) is 13.4. The summed E-state index contributed by atoms with van der Waals surface area (Å²) in [5, 5.41) is 1.95. The van der Waals surface area contributed by atoms with Crippen LogP contribution in [0.1, 0.15) is 71.7 Å². The largest absolute Gasteiger partial charge is 0.357 e. The molecule has 0 aliphatic heterocycles. The minimum absolute atomic E-state index is 0.330. The Labute approximate surface area is 176 Å². The van der Waals surface area contributed by atoms with E-state index in [0.717, 1.165) is 23.6 Å². The molecule has 3 heteroatoms. The van der Waals surface area contributed by atoms with Crippen LogP contribution in [-0.2, 0) is 6.54 Å². The topological polar surface area (TPSA) is 19.0 Å². The number of aromatic amines is 1. The fourth-order valence-corrected chi connectivity index (χ4v) is 3.07. The van der Waals surface area contributed by atoms with Gasteiger partial charge in [0.05, 0.1) is 0 Å². The van der Waals surface area contributed by atoms with Crippen molar-refractivity contribution < 1.29 is 0 Å². The zero-order chi connectivity index (χ0) is 20.9. The van der Waals surface area contributed by atoms with Crippen molar-refractivity contribution in [1.29, 1.82) is 0 Å². The van der Waals surface area contributed by atoms with Crippen molar-refractivity contribution in [2.45, 2.75) is 67.0 Å². The van der Waals surface area contributed by atoms with Gasteiger partial charge in [-0.25, -0.2) is 0 Å². The maximum absolute atomic E-state index is 6.08. The normalized spacial score (nSPS) is 11.4. The third kappa shape index (κ3) is 7.69. The van der Waals surface area contributed by atoms with Crippen molar-refractivity contribution in [3.05, 3.63) is 70.9 Å². The lowest BCUT2D eigenvalue weighted by molar-refractivity contribution is 0.210. The Bertz CT molecular complexity index is 778. The van der Waals surface area contributed by atoms with E-state index in [2.05, 4.69) is 87.8 Å². The van der Waals surface area contributed by atoms with Gasteiger partial charge in [-0.3, -0.25) is 4.90 Å². The number of benzene rings is 2. The lowest BCUT2D eigenvalue weighted by atomic mass is 10.1. The Morgan fingerprint density at radius 1 is 0.893 bits per heavy atom. The van der Waals surface area contributed by atoms with Crippen LogP contribution < -0.4 is 0 Å². The van der Waals surface area contributed by atoms with Crippen LogP contribution >= 0.6 is 11.6 Å². The molecule has 0 bridgehead atoms. The number of rotatable bonds is 5. The molecule has 0 amide bonds. The highest BCUT2D eigenvalue weighted by molar-refractivity contribution is 6.31. The smallest absolute Gasteiger partial charge is 0.0473 e. The fraction of sp³-hybridized carbons (Fsp3) is 0.440. The fourth-order valence-electron chi connectivity index (χ4n) is 2.89. The summed E-state index contributed by atoms with van der Waals surface area (Å²) in [5.74, 6) is 0. The van der Waals surface area contributed by atoms with E-state index in [1.165, 1.54) is 29.5 Å². The Kier molecular flexibility index (Phi) is 11.6. The lowest BCUT2D eigenvalue weighted by Crippen LogP contribution is -2.26. The van der Waals surface area contributed by atoms with E-state index in [-0.39, 0.29) is 0 Å². The molecule has 1 atom stereocenters. The Morgan fingerprint density at radius 3 is 2.07 bits per heavy atom. The second-order valence-corrected chi connectivity index (χ2v) is 7.53. The minimum Gasteiger partial charge on any atom is -0.357 e. The predicted molar refractivity (Wildman–Crippen MR) is 126 cm³/mol. The molecule has 0 saturated heterocycles. The van der Waals surface area contributed by atoms with Gasteiger partial charge >= 0.3 is 0 Å². The van der Waals surface area contributed by atoms with Gasteiger partial charge in [-0.15, -0.1) is 0 Å². The standard InChI is InChI=1S/C19H21ClN2.2C3H8/c1-3-22(13-15-7-5-4-6-8-15)14(2)19-12-16-11-17(20)9-10-18(16)21-19;2*1-3-2/h4-12,14,21H,3,13H2,1-2H3;2*3H2,1-2H3. The number of fused-ring (bicyclic) bond motifs is 1. The van der Waals surface area contributed by atoms with Crippen LogP contribution in [0.25, 0.3) is 10.9 Å². The molecular weight excluding hydrogens is 364 g/mol. The predicted octanol–water partition coefficient (Wildman–Crippen LogP) is 8.24. The number of H-pyrrole nitrogens is 1. The van der Waals surface area contributed by atoms with E-state index in [9.17, 15) is 0 Å². The van der Waals surface area contributed by atoms with Crippen molar-refractivity contribution in [2.75, 3.05) is 6.54 Å². The molecule has 3 rings (SSSR count). The van der Waals surface area contributed by atoms with E-state index >= 15 is 0 Å². The minimum atomic E-state index is 0.330. The number of aromatic nitrogens is 1. The number of nitrogens with zero attached hydrogens (tertiary/aromatic N) is 1. The highest BCUT2D eigenvalue weighted by atomic mass is 35.5. The Hall–Kier alpha value is -1.77. The summed E-state index contributed by atoms with van der Waals surface area (Å²) in [4.78, 5) is 5.98. The summed E-state index contributed by atoms with van der Waals surface area (Å²) in [6.45, 7) is 14.9. The van der Waals surface area contributed by atoms with Crippen LogP contribution in [-0.4, -0.2) is 16.4 Å². The Morgan fingerprint density at radius 2 is 1.50 bits per heavy atom. The van der Waals surface area contributed by atoms with Crippen LogP contribution in [0, 0.1) is 0 Å². The first-order valence-electron chi connectivity index (χ1n) is 10.6. The molecule has 0 aliphatic rings. The SMILES string of the molecule is CCC.CCC.CCN(Cc1ccccc1)C(C)c1cc2cc(Cl)ccc2[nH]1. The number of hydrogen-bond donors (Lipinski definition) is 1. The van der Waals surface area contributed by atoms with Crippen LogP contribution in [0.15, 0.2) is 54.6 Å². The van der Waals surface area contributed by atoms with Gasteiger partial charge in [-0.2, -0.15) is 0 Å². The van der Waals surface area contributed by atoms with Crippen LogP contribution in [0.3, 0.4) is 0 Å². The molecule has 0 radical (unpaired) electrons. The molecule has 1 aromatic heterocycles. The van der Waals surface area contributed by atoms with E-state index in [0.29, 0.717) is 6.04 Å². The summed E-state index contributed by atoms with van der Waals surface area (Å²) in [7, 11) is 0. The molecule has 1 heterocycles. The molecule has 0 fully saturated rings. The maximum Gasteiger partial charge on any atom is 0.0473 e. The second-order valence-electron chi connectivity index (χ2n) is 7.10. The summed E-state index contributed by atoms with van der Waals surface area (Å²) in [6, 6.07) is 19.1. The molecule has 0 saturated carbocycles. The maximum atomic E-state index is 6.08. The summed E-state index contributed by atoms with van der Waals surface area (Å²) in [5.41, 5.74) is 3.72. The first-order chi connectivity index (χ1) is 13.5. The molecule has 154 valence electrons. The van der Waals surface area contributed by atoms with Crippen LogP contribution in [0.5, 0.6) is 0 Å². The van der Waals surface area contributed by atoms with Gasteiger partial charge < -0.3 is 4.98 Å². The van der Waals surface area contributed by atoms with Crippen molar-refractivity contribution in [3.63, 3.8) is 0 Å². The van der Waals surface area contributed by atoms with Crippen LogP contribution in [0.4, 0.5) is 0 Å². The Balaban J connectivity index is 0.000000582. The first kappa shape index (κ1) is 24.3. The molecule has 1 N–H and O–H groups in total. The third-order valence-corrected chi connectivity index (χ3v) is 4.47. The van der Waals surface area contributed by atoms with E-state index < -0.39 is 0 Å². The van der Waals surface area contributed by atoms with Crippen molar-refractivity contribution in [3.8, 4) is 0 Å². The van der Waals surface area contributed by atoms with Gasteiger partial charge in [0.25, 0.3) is 0 Å². The zero-order valence-electron chi connectivity index (χ0n) is 18.4. The van der Waals surface area contributed by atoms with E-state index in [1.54, 1.807) is 0 Å². The van der Waals surface area contributed by atoms with Gasteiger partial charge in [0, 0.05) is 34.2 Å². The quantitative estimate of drug-likeness (QED) is 0.456. The average Bonchev–Trinajstić information content (AvgIpc) is 3.11. The molecule has 1 unspecified atom stereocenters. The van der Waals surface area contributed by atoms with Gasteiger partial charge in [0.2, 0.25) is 0 Å². The van der Waals surface area contributed by atoms with Crippen molar-refractivity contribution in [1.82, 2.24) is 9.88 Å². The van der Waals surface area contributed by atoms with Gasteiger partial charge in [-0.1, -0.05) is 89.4 Å². The highest BCUT2D eigenvalue weighted by Gasteiger charge is 2.16. The van der Waals surface area contributed by atoms with Gasteiger partial charge in [-0.05, 0) is 43.3 Å². The zero-order valence-corrected chi connectivity index (χ0v) is 19.2. The van der Waals surface area contributed by atoms with E-state index in [1.807, 2.05) is 18.2 Å². The van der Waals surface area contributed by atoms with Gasteiger partial charge in [0.15, 0.2) is 0 Å². The van der Waals surface area contributed by atoms with Crippen molar-refractivity contribution in [2.24, 2.45) is 0 Å². The molecule has 3 aromatic rings. The van der Waals surface area contributed by atoms with Gasteiger partial charge in [0.1, 0.15) is 0 Å². The summed E-state index contributed by atoms with van der Waals surface area (Å²) < 4.78 is 0. The molecule has 2 nitrogen and oxygen atoms in total. The van der Waals surface area contributed by atoms with Crippen molar-refractivity contribution >= 4 is 22.5 Å². The summed E-state index contributed by atoms with van der Waals surface area (Å²) >= 11 is 6.08. The highest BCUT2D eigenvalue weighted by Crippen LogP contribution is 2.27.